The molecule has 0 saturated carbocycles. The van der Waals surface area contributed by atoms with Gasteiger partial charge in [-0.25, -0.2) is 0 Å². The zero-order valence-corrected chi connectivity index (χ0v) is 9.53. The van der Waals surface area contributed by atoms with E-state index < -0.39 is 17.5 Å². The van der Waals surface area contributed by atoms with Gasteiger partial charge in [0.25, 0.3) is 0 Å². The molecule has 0 amide bonds. The molecule has 0 saturated heterocycles. The summed E-state index contributed by atoms with van der Waals surface area (Å²) in [5.74, 6) is 0. The summed E-state index contributed by atoms with van der Waals surface area (Å²) in [7, 11) is 11.6. The van der Waals surface area contributed by atoms with Crippen molar-refractivity contribution in [1.29, 1.82) is 0 Å². The molecule has 0 aliphatic carbocycles. The van der Waals surface area contributed by atoms with Crippen molar-refractivity contribution in [3.8, 4) is 0 Å². The fourth-order valence-corrected chi connectivity index (χ4v) is 4.01. The summed E-state index contributed by atoms with van der Waals surface area (Å²) in [6.45, 7) is 0. The Hall–Kier alpha value is 0.599. The van der Waals surface area contributed by atoms with Gasteiger partial charge < -0.3 is 0 Å². The summed E-state index contributed by atoms with van der Waals surface area (Å²) >= 11 is -2.19. The Kier molecular flexibility index (Phi) is 3.16. The van der Waals surface area contributed by atoms with Crippen LogP contribution < -0.4 is 3.58 Å². The van der Waals surface area contributed by atoms with Crippen LogP contribution in [0.15, 0.2) is 30.3 Å². The van der Waals surface area contributed by atoms with Crippen molar-refractivity contribution >= 4 is 38.9 Å². The molecule has 3 heteroatoms. The Morgan fingerprint density at radius 1 is 1.00 bits per heavy atom. The molecule has 0 heterocycles. The zero-order chi connectivity index (χ0) is 6.69. The Balaban J connectivity index is 2.85. The van der Waals surface area contributed by atoms with Gasteiger partial charge in [0.2, 0.25) is 0 Å². The number of halogens is 2. The first kappa shape index (κ1) is 7.70. The molecule has 0 unspecified atom stereocenters. The molecule has 0 bridgehead atoms. The Labute approximate surface area is 69.0 Å². The van der Waals surface area contributed by atoms with Crippen LogP contribution in [0.3, 0.4) is 0 Å². The SMILES string of the molecule is [Cl][SnH]([Cl])[c]1ccccc1. The molecule has 0 N–H and O–H groups in total. The van der Waals surface area contributed by atoms with Gasteiger partial charge in [0.15, 0.2) is 0 Å². The van der Waals surface area contributed by atoms with Crippen LogP contribution in [0.4, 0.5) is 0 Å². The van der Waals surface area contributed by atoms with E-state index in [2.05, 4.69) is 0 Å². The quantitative estimate of drug-likeness (QED) is 0.678. The topological polar surface area (TPSA) is 0 Å². The summed E-state index contributed by atoms with van der Waals surface area (Å²) in [6.07, 6.45) is 0. The summed E-state index contributed by atoms with van der Waals surface area (Å²) in [5, 5.41) is 0. The average Bonchev–Trinajstić information content (AvgIpc) is 1.90. The first-order chi connectivity index (χ1) is 4.30. The normalized spacial score (nSPS) is 10.1. The minimum atomic E-state index is -2.19. The predicted molar refractivity (Wildman–Crippen MR) is 44.9 cm³/mol. The van der Waals surface area contributed by atoms with Gasteiger partial charge in [-0.3, -0.25) is 0 Å². The van der Waals surface area contributed by atoms with E-state index >= 15 is 0 Å². The fraction of sp³-hybridized carbons (Fsp3) is 0. The Morgan fingerprint density at radius 3 is 1.89 bits per heavy atom. The van der Waals surface area contributed by atoms with Gasteiger partial charge in [-0.2, -0.15) is 0 Å². The van der Waals surface area contributed by atoms with Gasteiger partial charge in [0.1, 0.15) is 0 Å². The van der Waals surface area contributed by atoms with E-state index in [9.17, 15) is 0 Å². The summed E-state index contributed by atoms with van der Waals surface area (Å²) in [4.78, 5) is 0. The van der Waals surface area contributed by atoms with E-state index in [4.69, 9.17) is 17.8 Å². The van der Waals surface area contributed by atoms with Crippen molar-refractivity contribution in [2.45, 2.75) is 0 Å². The molecule has 48 valence electrons. The van der Waals surface area contributed by atoms with Crippen molar-refractivity contribution < 1.29 is 0 Å². The molecular formula is C6H6Cl2Sn. The van der Waals surface area contributed by atoms with Crippen LogP contribution in [0, 0.1) is 0 Å². The molecule has 0 aliphatic rings. The second-order valence-corrected chi connectivity index (χ2v) is 12.7. The molecule has 0 aliphatic heterocycles. The van der Waals surface area contributed by atoms with Gasteiger partial charge in [-0.05, 0) is 0 Å². The van der Waals surface area contributed by atoms with Gasteiger partial charge in [0, 0.05) is 0 Å². The third kappa shape index (κ3) is 2.36. The van der Waals surface area contributed by atoms with E-state index in [-0.39, 0.29) is 0 Å². The Bertz CT molecular complexity index is 174. The van der Waals surface area contributed by atoms with Crippen LogP contribution in [0.5, 0.6) is 0 Å². The number of hydrogen-bond donors (Lipinski definition) is 0. The van der Waals surface area contributed by atoms with Crippen LogP contribution >= 0.6 is 17.8 Å². The minimum absolute atomic E-state index is 1.16. The first-order valence-electron chi connectivity index (χ1n) is 2.64. The number of benzene rings is 1. The molecule has 0 spiro atoms. The monoisotopic (exact) mass is 268 g/mol. The van der Waals surface area contributed by atoms with Gasteiger partial charge >= 0.3 is 69.3 Å². The van der Waals surface area contributed by atoms with E-state index in [1.807, 2.05) is 30.3 Å². The predicted octanol–water partition coefficient (Wildman–Crippen LogP) is 1.59. The molecule has 1 aromatic rings. The van der Waals surface area contributed by atoms with E-state index in [1.165, 1.54) is 0 Å². The number of rotatable bonds is 1. The summed E-state index contributed by atoms with van der Waals surface area (Å²) < 4.78 is 1.16. The molecule has 1 rings (SSSR count). The van der Waals surface area contributed by atoms with Crippen LogP contribution in [0.25, 0.3) is 0 Å². The molecule has 0 fully saturated rings. The van der Waals surface area contributed by atoms with Gasteiger partial charge in [0.05, 0.1) is 0 Å². The molecule has 0 aromatic heterocycles. The first-order valence-corrected chi connectivity index (χ1v) is 12.6. The van der Waals surface area contributed by atoms with Crippen LogP contribution in [0.2, 0.25) is 0 Å². The van der Waals surface area contributed by atoms with Crippen molar-refractivity contribution in [3.05, 3.63) is 30.3 Å². The fourth-order valence-electron chi connectivity index (χ4n) is 0.599. The summed E-state index contributed by atoms with van der Waals surface area (Å²) in [5.41, 5.74) is 0. The molecule has 0 radical (unpaired) electrons. The molecular weight excluding hydrogens is 262 g/mol. The van der Waals surface area contributed by atoms with Crippen LogP contribution in [-0.2, 0) is 0 Å². The van der Waals surface area contributed by atoms with Crippen molar-refractivity contribution in [1.82, 2.24) is 0 Å². The number of hydrogen-bond acceptors (Lipinski definition) is 0. The average molecular weight is 268 g/mol. The molecule has 0 nitrogen and oxygen atoms in total. The third-order valence-corrected chi connectivity index (χ3v) is 6.97. The van der Waals surface area contributed by atoms with Crippen molar-refractivity contribution in [2.75, 3.05) is 0 Å². The maximum atomic E-state index is 5.78. The van der Waals surface area contributed by atoms with Crippen molar-refractivity contribution in [3.63, 3.8) is 0 Å². The third-order valence-electron chi connectivity index (χ3n) is 1.05. The van der Waals surface area contributed by atoms with Crippen LogP contribution in [-0.4, -0.2) is 17.5 Å². The second kappa shape index (κ2) is 3.69. The van der Waals surface area contributed by atoms with E-state index in [0.29, 0.717) is 0 Å². The van der Waals surface area contributed by atoms with Crippen molar-refractivity contribution in [2.24, 2.45) is 0 Å². The van der Waals surface area contributed by atoms with E-state index in [0.717, 1.165) is 3.58 Å². The molecule has 9 heavy (non-hydrogen) atoms. The second-order valence-electron chi connectivity index (χ2n) is 1.71. The Morgan fingerprint density at radius 2 is 1.56 bits per heavy atom. The summed E-state index contributed by atoms with van der Waals surface area (Å²) in [6, 6.07) is 9.86. The molecule has 0 atom stereocenters. The van der Waals surface area contributed by atoms with E-state index in [1.54, 1.807) is 0 Å². The standard InChI is InChI=1S/C6H5.2ClH.Sn.H/c1-2-4-6-5-3-1;;;;/h1-5H;2*1H;;/q;;;+2;/p-2. The van der Waals surface area contributed by atoms with Crippen LogP contribution in [0.1, 0.15) is 0 Å². The van der Waals surface area contributed by atoms with Gasteiger partial charge in [-0.15, -0.1) is 0 Å². The van der Waals surface area contributed by atoms with Gasteiger partial charge in [-0.1, -0.05) is 0 Å². The maximum absolute atomic E-state index is 5.78. The zero-order valence-electron chi connectivity index (χ0n) is 4.72. The molecule has 1 aromatic carbocycles.